The van der Waals surface area contributed by atoms with Crippen molar-refractivity contribution in [3.05, 3.63) is 83.9 Å². The van der Waals surface area contributed by atoms with E-state index in [1.807, 2.05) is 0 Å². The van der Waals surface area contributed by atoms with Gasteiger partial charge in [0, 0.05) is 13.1 Å². The number of carboxylic acids is 2. The Bertz CT molecular complexity index is 1730. The molecule has 0 aliphatic rings. The summed E-state index contributed by atoms with van der Waals surface area (Å²) in [5.74, 6) is -5.00. The molecule has 0 bridgehead atoms. The van der Waals surface area contributed by atoms with Gasteiger partial charge in [0.25, 0.3) is 0 Å². The van der Waals surface area contributed by atoms with Gasteiger partial charge in [0.2, 0.25) is 31.9 Å². The van der Waals surface area contributed by atoms with Crippen LogP contribution in [0.25, 0.3) is 0 Å². The Balaban J connectivity index is 2.20. The molecule has 48 heavy (non-hydrogen) atoms. The van der Waals surface area contributed by atoms with E-state index in [-0.39, 0.29) is 20.9 Å². The molecule has 258 valence electrons. The summed E-state index contributed by atoms with van der Waals surface area (Å²) in [7, 11) is -6.67. The van der Waals surface area contributed by atoms with E-state index >= 15 is 0 Å². The van der Waals surface area contributed by atoms with Crippen molar-refractivity contribution in [2.45, 2.75) is 47.8 Å². The third-order valence-corrected chi connectivity index (χ3v) is 10.9. The number of rotatable bonds is 18. The first-order chi connectivity index (χ1) is 22.5. The number of sulfonamides is 2. The molecule has 3 aromatic carbocycles. The summed E-state index contributed by atoms with van der Waals surface area (Å²) in [6.07, 6.45) is -1.82. The van der Waals surface area contributed by atoms with Gasteiger partial charge < -0.3 is 31.2 Å². The van der Waals surface area contributed by atoms with Gasteiger partial charge >= 0.3 is 11.9 Å². The van der Waals surface area contributed by atoms with Crippen LogP contribution in [-0.2, 0) is 52.3 Å². The van der Waals surface area contributed by atoms with Crippen LogP contribution in [-0.4, -0.2) is 85.7 Å². The zero-order chi connectivity index (χ0) is 35.8. The lowest BCUT2D eigenvalue weighted by Crippen LogP contribution is -2.47. The molecule has 3 rings (SSSR count). The summed E-state index contributed by atoms with van der Waals surface area (Å²) in [6, 6.07) is 11.7. The number of primary amides is 2. The number of carbonyl (C=O) groups is 4. The summed E-state index contributed by atoms with van der Waals surface area (Å²) in [5.41, 5.74) is 10.7. The van der Waals surface area contributed by atoms with Crippen molar-refractivity contribution in [2.75, 3.05) is 14.2 Å². The summed E-state index contributed by atoms with van der Waals surface area (Å²) < 4.78 is 66.9. The molecule has 0 saturated carbocycles. The molecule has 3 aromatic rings. The Labute approximate surface area is 276 Å². The van der Waals surface area contributed by atoms with Crippen LogP contribution in [0.5, 0.6) is 11.5 Å². The van der Waals surface area contributed by atoms with E-state index < -0.39 is 81.8 Å². The second-order valence-electron chi connectivity index (χ2n) is 10.3. The number of hydrogen-bond donors (Lipinski definition) is 4. The highest BCUT2D eigenvalue weighted by molar-refractivity contribution is 7.89. The van der Waals surface area contributed by atoms with Crippen molar-refractivity contribution in [3.63, 3.8) is 0 Å². The molecule has 0 aromatic heterocycles. The van der Waals surface area contributed by atoms with Crippen molar-refractivity contribution in [3.8, 4) is 11.5 Å². The number of aliphatic carboxylic acids is 2. The number of hydrogen-bond acceptors (Lipinski definition) is 10. The average molecular weight is 707 g/mol. The van der Waals surface area contributed by atoms with Gasteiger partial charge in [-0.05, 0) is 59.7 Å². The number of methoxy groups -OCH3 is 2. The van der Waals surface area contributed by atoms with Crippen LogP contribution in [0.4, 0.5) is 0 Å². The predicted molar refractivity (Wildman–Crippen MR) is 168 cm³/mol. The lowest BCUT2D eigenvalue weighted by atomic mass is 10.1. The fourth-order valence-electron chi connectivity index (χ4n) is 4.70. The normalized spacial score (nSPS) is 13.1. The molecule has 0 saturated heterocycles. The third-order valence-electron chi connectivity index (χ3n) is 7.16. The largest absolute Gasteiger partial charge is 0.497 e. The SMILES string of the molecule is COc1ccc(S(=O)(=O)N(Cc2ccccc2CN([C@@H](CC(N)=O)C(=O)O)S(=O)(=O)c2ccc(OC)cc2)[C@@H](CC(N)=O)C(=O)O)cc1. The predicted octanol–water partition coefficient (Wildman–Crippen LogP) is 0.743. The molecule has 0 unspecified atom stereocenters. The molecule has 0 spiro atoms. The Morgan fingerprint density at radius 1 is 0.625 bits per heavy atom. The molecule has 0 aliphatic carbocycles. The summed E-state index contributed by atoms with van der Waals surface area (Å²) in [6.45, 7) is -1.45. The van der Waals surface area contributed by atoms with E-state index in [4.69, 9.17) is 20.9 Å². The Kier molecular flexibility index (Phi) is 12.2. The number of nitrogens with zero attached hydrogens (tertiary/aromatic N) is 2. The maximum Gasteiger partial charge on any atom is 0.322 e. The summed E-state index contributed by atoms with van der Waals surface area (Å²) in [4.78, 5) is 47.8. The fourth-order valence-corrected chi connectivity index (χ4v) is 7.82. The van der Waals surface area contributed by atoms with Gasteiger partial charge in [0.1, 0.15) is 23.6 Å². The number of nitrogens with two attached hydrogens (primary N) is 2. The number of benzene rings is 3. The number of carboxylic acid groups (broad SMARTS) is 2. The molecule has 2 atom stereocenters. The Morgan fingerprint density at radius 2 is 0.938 bits per heavy atom. The molecular formula is C30H34N4O12S2. The van der Waals surface area contributed by atoms with E-state index in [1.54, 1.807) is 0 Å². The Hall–Kier alpha value is -5.04. The molecule has 2 amide bonds. The van der Waals surface area contributed by atoms with Gasteiger partial charge in [-0.15, -0.1) is 0 Å². The first-order valence-corrected chi connectivity index (χ1v) is 16.8. The van der Waals surface area contributed by atoms with E-state index in [1.165, 1.54) is 87.0 Å². The standard InChI is InChI=1S/C30H34N4O12S2/c1-45-21-7-11-23(12-8-21)47(41,42)33(25(29(37)38)15-27(31)35)17-19-5-3-4-6-20(19)18-34(26(30(39)40)16-28(32)36)48(43,44)24-13-9-22(46-2)10-14-24/h3-14,25-26H,15-18H2,1-2H3,(H2,31,35)(H2,32,36)(H,37,38)(H,39,40)/t25-,26-/m0/s1. The summed E-state index contributed by atoms with van der Waals surface area (Å²) >= 11 is 0. The second-order valence-corrected chi connectivity index (χ2v) is 14.1. The highest BCUT2D eigenvalue weighted by Gasteiger charge is 2.40. The minimum Gasteiger partial charge on any atom is -0.497 e. The van der Waals surface area contributed by atoms with E-state index in [0.717, 1.165) is 0 Å². The van der Waals surface area contributed by atoms with Crippen LogP contribution < -0.4 is 20.9 Å². The topological polar surface area (TPSA) is 254 Å². The monoisotopic (exact) mass is 706 g/mol. The fraction of sp³-hybridized carbons (Fsp3) is 0.267. The molecule has 16 nitrogen and oxygen atoms in total. The van der Waals surface area contributed by atoms with E-state index in [2.05, 4.69) is 0 Å². The van der Waals surface area contributed by atoms with Crippen LogP contribution >= 0.6 is 0 Å². The average Bonchev–Trinajstić information content (AvgIpc) is 3.04. The first-order valence-electron chi connectivity index (χ1n) is 13.9. The quantitative estimate of drug-likeness (QED) is 0.143. The molecule has 18 heteroatoms. The minimum absolute atomic E-state index is 0.0449. The molecule has 0 heterocycles. The molecular weight excluding hydrogens is 672 g/mol. The van der Waals surface area contributed by atoms with Gasteiger partial charge in [-0.3, -0.25) is 19.2 Å². The zero-order valence-electron chi connectivity index (χ0n) is 25.8. The molecule has 6 N–H and O–H groups in total. The van der Waals surface area contributed by atoms with Crippen LogP contribution in [0, 0.1) is 0 Å². The molecule has 0 aliphatic heterocycles. The van der Waals surface area contributed by atoms with Crippen LogP contribution in [0.3, 0.4) is 0 Å². The van der Waals surface area contributed by atoms with Gasteiger partial charge in [0.15, 0.2) is 0 Å². The number of ether oxygens (including phenoxy) is 2. The molecule has 0 fully saturated rings. The minimum atomic E-state index is -4.69. The maximum absolute atomic E-state index is 13.9. The van der Waals surface area contributed by atoms with Gasteiger partial charge in [-0.25, -0.2) is 16.8 Å². The lowest BCUT2D eigenvalue weighted by molar-refractivity contribution is -0.144. The highest BCUT2D eigenvalue weighted by atomic mass is 32.2. The van der Waals surface area contributed by atoms with Crippen molar-refractivity contribution in [2.24, 2.45) is 11.5 Å². The number of amides is 2. The number of carbonyl (C=O) groups excluding carboxylic acids is 2. The smallest absolute Gasteiger partial charge is 0.322 e. The Morgan fingerprint density at radius 3 is 1.19 bits per heavy atom. The van der Waals surface area contributed by atoms with Crippen LogP contribution in [0.2, 0.25) is 0 Å². The van der Waals surface area contributed by atoms with Crippen LogP contribution in [0.15, 0.2) is 82.6 Å². The van der Waals surface area contributed by atoms with E-state index in [0.29, 0.717) is 20.1 Å². The second kappa shape index (κ2) is 15.7. The van der Waals surface area contributed by atoms with Crippen LogP contribution in [0.1, 0.15) is 24.0 Å². The van der Waals surface area contributed by atoms with Crippen molar-refractivity contribution in [1.82, 2.24) is 8.61 Å². The molecule has 0 radical (unpaired) electrons. The third kappa shape index (κ3) is 8.85. The van der Waals surface area contributed by atoms with Gasteiger partial charge in [-0.1, -0.05) is 24.3 Å². The van der Waals surface area contributed by atoms with E-state index in [9.17, 15) is 46.2 Å². The van der Waals surface area contributed by atoms with Crippen molar-refractivity contribution < 1.29 is 55.7 Å². The lowest BCUT2D eigenvalue weighted by Gasteiger charge is -2.31. The van der Waals surface area contributed by atoms with Crippen molar-refractivity contribution >= 4 is 43.8 Å². The van der Waals surface area contributed by atoms with Gasteiger partial charge in [-0.2, -0.15) is 8.61 Å². The zero-order valence-corrected chi connectivity index (χ0v) is 27.4. The summed E-state index contributed by atoms with van der Waals surface area (Å²) in [5, 5.41) is 20.1. The van der Waals surface area contributed by atoms with Gasteiger partial charge in [0.05, 0.1) is 36.9 Å². The first kappa shape index (κ1) is 37.4. The highest BCUT2D eigenvalue weighted by Crippen LogP contribution is 2.29. The maximum atomic E-state index is 13.9. The van der Waals surface area contributed by atoms with Crippen molar-refractivity contribution in [1.29, 1.82) is 0 Å².